The smallest absolute Gasteiger partial charge is 0.246 e. The number of unbranched alkanes of at least 4 members (excludes halogenated alkanes) is 1. The monoisotopic (exact) mass is 479 g/mol. The van der Waals surface area contributed by atoms with Crippen LogP contribution in [0.25, 0.3) is 11.0 Å². The number of hydrogen-bond donors (Lipinski definition) is 2. The molecule has 35 heavy (non-hydrogen) atoms. The lowest BCUT2D eigenvalue weighted by atomic mass is 9.79. The number of likely N-dealkylation sites (tertiary alicyclic amines) is 1. The molecule has 2 aliphatic heterocycles. The van der Waals surface area contributed by atoms with Crippen LogP contribution in [0.5, 0.6) is 0 Å². The summed E-state index contributed by atoms with van der Waals surface area (Å²) in [6.45, 7) is 6.56. The van der Waals surface area contributed by atoms with E-state index in [0.717, 1.165) is 49.2 Å². The molecule has 2 aromatic rings. The molecule has 190 valence electrons. The zero-order valence-corrected chi connectivity index (χ0v) is 21.4. The van der Waals surface area contributed by atoms with E-state index in [4.69, 9.17) is 4.98 Å². The predicted octanol–water partition coefficient (Wildman–Crippen LogP) is 4.56. The van der Waals surface area contributed by atoms with E-state index in [1.54, 1.807) is 0 Å². The first-order chi connectivity index (χ1) is 17.0. The van der Waals surface area contributed by atoms with E-state index in [-0.39, 0.29) is 23.9 Å². The fourth-order valence-electron chi connectivity index (χ4n) is 6.55. The third-order valence-corrected chi connectivity index (χ3v) is 8.81. The molecule has 7 heteroatoms. The number of rotatable bonds is 7. The van der Waals surface area contributed by atoms with Gasteiger partial charge in [0.05, 0.1) is 17.1 Å². The Morgan fingerprint density at radius 3 is 2.57 bits per heavy atom. The minimum absolute atomic E-state index is 0.0741. The highest BCUT2D eigenvalue weighted by Crippen LogP contribution is 2.37. The third kappa shape index (κ3) is 4.72. The van der Waals surface area contributed by atoms with Crippen LogP contribution >= 0.6 is 0 Å². The lowest BCUT2D eigenvalue weighted by Crippen LogP contribution is -2.73. The number of fused-ring (bicyclic) bond motifs is 1. The second-order valence-corrected chi connectivity index (χ2v) is 11.0. The molecular formula is C28H41N5O2. The number of piperidine rings is 1. The maximum absolute atomic E-state index is 13.7. The largest absolute Gasteiger partial charge is 0.342 e. The van der Waals surface area contributed by atoms with Crippen LogP contribution in [0.3, 0.4) is 0 Å². The van der Waals surface area contributed by atoms with Gasteiger partial charge in [-0.2, -0.15) is 0 Å². The summed E-state index contributed by atoms with van der Waals surface area (Å²) in [6.07, 6.45) is 10.3. The van der Waals surface area contributed by atoms with E-state index in [2.05, 4.69) is 35.1 Å². The zero-order valence-electron chi connectivity index (χ0n) is 21.4. The average molecular weight is 480 g/mol. The molecule has 1 aromatic carbocycles. The van der Waals surface area contributed by atoms with Crippen LogP contribution < -0.4 is 5.32 Å². The Labute approximate surface area is 209 Å². The highest BCUT2D eigenvalue weighted by atomic mass is 16.2. The molecular weight excluding hydrogens is 438 g/mol. The summed E-state index contributed by atoms with van der Waals surface area (Å²) in [5, 5.41) is 3.21. The Morgan fingerprint density at radius 1 is 1.11 bits per heavy atom. The van der Waals surface area contributed by atoms with Gasteiger partial charge in [0, 0.05) is 19.6 Å². The van der Waals surface area contributed by atoms with Gasteiger partial charge in [0.25, 0.3) is 0 Å². The Kier molecular flexibility index (Phi) is 7.14. The second-order valence-electron chi connectivity index (χ2n) is 11.0. The van der Waals surface area contributed by atoms with Gasteiger partial charge >= 0.3 is 0 Å². The Balaban J connectivity index is 1.30. The molecule has 7 nitrogen and oxygen atoms in total. The van der Waals surface area contributed by atoms with Crippen LogP contribution in [0.4, 0.5) is 0 Å². The number of piperazine rings is 1. The molecule has 5 rings (SSSR count). The third-order valence-electron chi connectivity index (χ3n) is 8.81. The maximum Gasteiger partial charge on any atom is 0.246 e. The van der Waals surface area contributed by atoms with Gasteiger partial charge in [-0.25, -0.2) is 4.98 Å². The number of aromatic nitrogens is 2. The molecule has 1 aromatic heterocycles. The molecule has 3 fully saturated rings. The summed E-state index contributed by atoms with van der Waals surface area (Å²) in [5.41, 5.74) is 1.32. The number of carbonyl (C=O) groups excluding carboxylic acids is 2. The number of para-hydroxylation sites is 2. The fraction of sp³-hybridized carbons (Fsp3) is 0.679. The highest BCUT2D eigenvalue weighted by Gasteiger charge is 2.53. The van der Waals surface area contributed by atoms with Crippen LogP contribution in [-0.2, 0) is 9.59 Å². The van der Waals surface area contributed by atoms with Crippen molar-refractivity contribution in [2.45, 2.75) is 95.7 Å². The first kappa shape index (κ1) is 24.3. The van der Waals surface area contributed by atoms with Crippen molar-refractivity contribution in [1.29, 1.82) is 0 Å². The summed E-state index contributed by atoms with van der Waals surface area (Å²) >= 11 is 0. The van der Waals surface area contributed by atoms with Crippen LogP contribution in [0.15, 0.2) is 24.3 Å². The summed E-state index contributed by atoms with van der Waals surface area (Å²) in [6, 6.07) is 7.89. The Hall–Kier alpha value is -2.41. The van der Waals surface area contributed by atoms with Crippen molar-refractivity contribution in [3.8, 4) is 0 Å². The quantitative estimate of drug-likeness (QED) is 0.610. The highest BCUT2D eigenvalue weighted by molar-refractivity contribution is 6.00. The predicted molar refractivity (Wildman–Crippen MR) is 138 cm³/mol. The molecule has 0 bridgehead atoms. The van der Waals surface area contributed by atoms with Crippen molar-refractivity contribution >= 4 is 22.8 Å². The zero-order chi connectivity index (χ0) is 24.4. The minimum atomic E-state index is -0.709. The van der Waals surface area contributed by atoms with E-state index in [9.17, 15) is 9.59 Å². The van der Waals surface area contributed by atoms with Gasteiger partial charge in [-0.1, -0.05) is 57.6 Å². The van der Waals surface area contributed by atoms with E-state index in [1.165, 1.54) is 32.1 Å². The Bertz CT molecular complexity index is 1000. The number of benzene rings is 1. The molecule has 1 saturated carbocycles. The van der Waals surface area contributed by atoms with Gasteiger partial charge in [-0.05, 0) is 50.7 Å². The number of nitrogens with zero attached hydrogens (tertiary/aromatic N) is 3. The number of imidazole rings is 1. The van der Waals surface area contributed by atoms with Gasteiger partial charge in [0.1, 0.15) is 17.4 Å². The number of H-pyrrole nitrogens is 1. The molecule has 1 aliphatic carbocycles. The SMILES string of the molecule is CCCCN1C(=O)C(CC2CCCCC2)NC(=O)C12CCN(C(C)c1nc3ccccc3[nH]1)CC2. The van der Waals surface area contributed by atoms with Crippen molar-refractivity contribution in [2.24, 2.45) is 5.92 Å². The molecule has 1 spiro atoms. The number of aromatic amines is 1. The number of hydrogen-bond acceptors (Lipinski definition) is 4. The molecule has 0 radical (unpaired) electrons. The molecule has 2 unspecified atom stereocenters. The normalized spacial score (nSPS) is 24.7. The van der Waals surface area contributed by atoms with Crippen molar-refractivity contribution in [1.82, 2.24) is 25.1 Å². The number of amides is 2. The summed E-state index contributed by atoms with van der Waals surface area (Å²) in [5.74, 6) is 1.75. The first-order valence-electron chi connectivity index (χ1n) is 13.8. The Morgan fingerprint density at radius 2 is 1.86 bits per heavy atom. The number of nitrogens with one attached hydrogen (secondary N) is 2. The van der Waals surface area contributed by atoms with Gasteiger partial charge < -0.3 is 15.2 Å². The van der Waals surface area contributed by atoms with Gasteiger partial charge in [-0.15, -0.1) is 0 Å². The van der Waals surface area contributed by atoms with Gasteiger partial charge in [0.15, 0.2) is 0 Å². The van der Waals surface area contributed by atoms with E-state index >= 15 is 0 Å². The lowest BCUT2D eigenvalue weighted by molar-refractivity contribution is -0.162. The van der Waals surface area contributed by atoms with Crippen molar-refractivity contribution in [3.05, 3.63) is 30.1 Å². The van der Waals surface area contributed by atoms with E-state index in [0.29, 0.717) is 25.3 Å². The van der Waals surface area contributed by atoms with Crippen molar-refractivity contribution in [3.63, 3.8) is 0 Å². The van der Waals surface area contributed by atoms with E-state index < -0.39 is 5.54 Å². The molecule has 2 amide bonds. The minimum Gasteiger partial charge on any atom is -0.342 e. The molecule has 3 heterocycles. The van der Waals surface area contributed by atoms with Gasteiger partial charge in [0.2, 0.25) is 11.8 Å². The lowest BCUT2D eigenvalue weighted by Gasteiger charge is -2.52. The van der Waals surface area contributed by atoms with Crippen LogP contribution in [0, 0.1) is 5.92 Å². The maximum atomic E-state index is 13.7. The van der Waals surface area contributed by atoms with Crippen LogP contribution in [0.1, 0.15) is 89.9 Å². The van der Waals surface area contributed by atoms with Gasteiger partial charge in [-0.3, -0.25) is 14.5 Å². The standard InChI is InChI=1S/C28H41N5O2/c1-3-4-16-33-26(34)24(19-21-10-6-5-7-11-21)31-27(35)28(33)14-17-32(18-15-28)20(2)25-29-22-12-8-9-13-23(22)30-25/h8-9,12-13,20-21,24H,3-7,10-11,14-19H2,1-2H3,(H,29,30)(H,31,35). The molecule has 2 N–H and O–H groups in total. The van der Waals surface area contributed by atoms with Crippen molar-refractivity contribution in [2.75, 3.05) is 19.6 Å². The molecule has 2 atom stereocenters. The van der Waals surface area contributed by atoms with Crippen LogP contribution in [0.2, 0.25) is 0 Å². The first-order valence-corrected chi connectivity index (χ1v) is 13.8. The summed E-state index contributed by atoms with van der Waals surface area (Å²) < 4.78 is 0. The van der Waals surface area contributed by atoms with E-state index in [1.807, 2.05) is 23.1 Å². The summed E-state index contributed by atoms with van der Waals surface area (Å²) in [7, 11) is 0. The molecule has 2 saturated heterocycles. The number of carbonyl (C=O) groups is 2. The van der Waals surface area contributed by atoms with Crippen molar-refractivity contribution < 1.29 is 9.59 Å². The fourth-order valence-corrected chi connectivity index (χ4v) is 6.55. The van der Waals surface area contributed by atoms with Crippen LogP contribution in [-0.4, -0.2) is 62.8 Å². The molecule has 3 aliphatic rings. The average Bonchev–Trinajstić information content (AvgIpc) is 3.32. The topological polar surface area (TPSA) is 81.3 Å². The second kappa shape index (κ2) is 10.3. The summed E-state index contributed by atoms with van der Waals surface area (Å²) in [4.78, 5) is 40.1.